The van der Waals surface area contributed by atoms with E-state index in [4.69, 9.17) is 0 Å². The molecule has 0 saturated carbocycles. The van der Waals surface area contributed by atoms with Crippen LogP contribution in [-0.4, -0.2) is 127 Å². The molecule has 0 saturated heterocycles. The normalized spacial score (nSPS) is 13.2. The molecule has 3 aromatic carbocycles. The van der Waals surface area contributed by atoms with E-state index in [1.165, 1.54) is 14.7 Å². The first-order valence-corrected chi connectivity index (χ1v) is 15.4. The third kappa shape index (κ3) is 12.2. The lowest BCUT2D eigenvalue weighted by Gasteiger charge is -2.35. The van der Waals surface area contributed by atoms with Crippen molar-refractivity contribution in [1.29, 1.82) is 0 Å². The van der Waals surface area contributed by atoms with Gasteiger partial charge in [-0.3, -0.25) is 38.7 Å². The van der Waals surface area contributed by atoms with Crippen LogP contribution in [0.3, 0.4) is 0 Å². The predicted molar refractivity (Wildman–Crippen MR) is 175 cm³/mol. The highest BCUT2D eigenvalue weighted by Crippen LogP contribution is 2.16. The number of benzene rings is 3. The van der Waals surface area contributed by atoms with Crippen molar-refractivity contribution >= 4 is 29.8 Å². The number of rotatable bonds is 22. The quantitative estimate of drug-likeness (QED) is 0.105. The minimum atomic E-state index is -1.27. The van der Waals surface area contributed by atoms with Crippen LogP contribution in [0.15, 0.2) is 91.0 Å². The van der Waals surface area contributed by atoms with E-state index in [9.17, 15) is 49.5 Å². The van der Waals surface area contributed by atoms with Crippen molar-refractivity contribution in [2.45, 2.75) is 37.4 Å². The molecule has 3 atom stereocenters. The molecule has 0 fully saturated rings. The molecule has 0 amide bonds. The largest absolute Gasteiger partial charge is 0.480 e. The van der Waals surface area contributed by atoms with E-state index in [1.54, 1.807) is 91.0 Å². The number of carboxylic acids is 5. The molecule has 0 heterocycles. The molecular formula is C35H41N3O10. The molecule has 13 nitrogen and oxygen atoms in total. The Morgan fingerprint density at radius 1 is 0.417 bits per heavy atom. The lowest BCUT2D eigenvalue weighted by Crippen LogP contribution is -2.54. The van der Waals surface area contributed by atoms with E-state index in [-0.39, 0.29) is 45.4 Å². The van der Waals surface area contributed by atoms with Crippen molar-refractivity contribution in [3.63, 3.8) is 0 Å². The second-order valence-electron chi connectivity index (χ2n) is 11.4. The van der Waals surface area contributed by atoms with Crippen LogP contribution in [0.1, 0.15) is 16.7 Å². The van der Waals surface area contributed by atoms with Gasteiger partial charge in [-0.2, -0.15) is 0 Å². The van der Waals surface area contributed by atoms with Crippen LogP contribution < -0.4 is 0 Å². The summed E-state index contributed by atoms with van der Waals surface area (Å²) in [5.74, 6) is -6.23. The van der Waals surface area contributed by atoms with E-state index in [2.05, 4.69) is 0 Å². The van der Waals surface area contributed by atoms with E-state index in [0.717, 1.165) is 0 Å². The van der Waals surface area contributed by atoms with Crippen LogP contribution in [0.4, 0.5) is 0 Å². The van der Waals surface area contributed by atoms with Crippen LogP contribution in [0.2, 0.25) is 0 Å². The summed E-state index contributed by atoms with van der Waals surface area (Å²) in [6, 6.07) is 22.5. The highest BCUT2D eigenvalue weighted by Gasteiger charge is 2.33. The van der Waals surface area contributed by atoms with Crippen molar-refractivity contribution in [1.82, 2.24) is 14.7 Å². The molecule has 1 unspecified atom stereocenters. The zero-order valence-corrected chi connectivity index (χ0v) is 26.4. The average molecular weight is 664 g/mol. The molecule has 3 aromatic rings. The molecule has 0 aromatic heterocycles. The zero-order valence-electron chi connectivity index (χ0n) is 26.4. The van der Waals surface area contributed by atoms with Crippen LogP contribution in [0.25, 0.3) is 0 Å². The fourth-order valence-corrected chi connectivity index (χ4v) is 5.60. The summed E-state index contributed by atoms with van der Waals surface area (Å²) in [6.45, 7) is -1.77. The summed E-state index contributed by atoms with van der Waals surface area (Å²) in [5.41, 5.74) is 2.04. The van der Waals surface area contributed by atoms with Gasteiger partial charge < -0.3 is 25.5 Å². The van der Waals surface area contributed by atoms with Gasteiger partial charge in [0.2, 0.25) is 0 Å². The number of aliphatic carboxylic acids is 5. The van der Waals surface area contributed by atoms with Crippen molar-refractivity contribution in [2.75, 3.05) is 39.3 Å². The molecule has 3 rings (SSSR count). The standard InChI is InChI=1S/C35H41N3O10/c39-31(40)23-37(29(34(45)46)21-26-12-6-2-7-13-26)18-16-36(28(33(43)44)20-25-10-4-1-5-11-25)17-19-38(24-32(41)42)30(35(47)48)22-27-14-8-3-9-15-27/h1-15,28-30H,16-24H2,(H,39,40)(H,41,42)(H,43,44)(H,45,46)(H,47,48)/t28?,29-,30+. The Morgan fingerprint density at radius 3 is 0.917 bits per heavy atom. The number of hydrogen-bond donors (Lipinski definition) is 5. The van der Waals surface area contributed by atoms with Crippen molar-refractivity contribution < 1.29 is 49.5 Å². The van der Waals surface area contributed by atoms with E-state index in [1.807, 2.05) is 0 Å². The highest BCUT2D eigenvalue weighted by atomic mass is 16.4. The van der Waals surface area contributed by atoms with Gasteiger partial charge in [-0.25, -0.2) is 0 Å². The summed E-state index contributed by atoms with van der Waals surface area (Å²) in [7, 11) is 0. The molecule has 0 aliphatic carbocycles. The van der Waals surface area contributed by atoms with Gasteiger partial charge in [0.1, 0.15) is 18.1 Å². The fourth-order valence-electron chi connectivity index (χ4n) is 5.60. The maximum absolute atomic E-state index is 12.7. The van der Waals surface area contributed by atoms with Gasteiger partial charge in [0.05, 0.1) is 13.1 Å². The molecule has 0 aliphatic heterocycles. The van der Waals surface area contributed by atoms with Crippen LogP contribution in [0.5, 0.6) is 0 Å². The Labute approximate surface area is 278 Å². The number of nitrogens with zero attached hydrogens (tertiary/aromatic N) is 3. The number of carboxylic acid groups (broad SMARTS) is 5. The second-order valence-corrected chi connectivity index (χ2v) is 11.4. The number of hydrogen-bond acceptors (Lipinski definition) is 8. The molecule has 5 N–H and O–H groups in total. The fraction of sp³-hybridized carbons (Fsp3) is 0.343. The third-order valence-electron chi connectivity index (χ3n) is 8.02. The second kappa shape index (κ2) is 18.9. The van der Waals surface area contributed by atoms with Gasteiger partial charge in [0.25, 0.3) is 0 Å². The van der Waals surface area contributed by atoms with Gasteiger partial charge in [-0.05, 0) is 36.0 Å². The first-order valence-electron chi connectivity index (χ1n) is 15.4. The average Bonchev–Trinajstić information content (AvgIpc) is 3.05. The molecule has 0 radical (unpaired) electrons. The van der Waals surface area contributed by atoms with Crippen LogP contribution in [-0.2, 0) is 43.2 Å². The Balaban J connectivity index is 1.93. The predicted octanol–water partition coefficient (Wildman–Crippen LogP) is 2.15. The lowest BCUT2D eigenvalue weighted by atomic mass is 10.0. The van der Waals surface area contributed by atoms with E-state index < -0.39 is 61.1 Å². The molecule has 48 heavy (non-hydrogen) atoms. The molecular weight excluding hydrogens is 622 g/mol. The van der Waals surface area contributed by atoms with Crippen LogP contribution in [0, 0.1) is 0 Å². The van der Waals surface area contributed by atoms with Gasteiger partial charge in [0.15, 0.2) is 0 Å². The summed E-state index contributed by atoms with van der Waals surface area (Å²) in [4.78, 5) is 65.3. The number of carbonyl (C=O) groups is 5. The van der Waals surface area contributed by atoms with Gasteiger partial charge >= 0.3 is 29.8 Å². The monoisotopic (exact) mass is 663 g/mol. The van der Waals surface area contributed by atoms with Gasteiger partial charge in [-0.15, -0.1) is 0 Å². The molecule has 0 aliphatic rings. The topological polar surface area (TPSA) is 196 Å². The Hall–Kier alpha value is -5.11. The van der Waals surface area contributed by atoms with Crippen molar-refractivity contribution in [3.8, 4) is 0 Å². The van der Waals surface area contributed by atoms with Gasteiger partial charge in [0, 0.05) is 26.2 Å². The summed E-state index contributed by atoms with van der Waals surface area (Å²) in [5, 5.41) is 49.9. The minimum Gasteiger partial charge on any atom is -0.480 e. The SMILES string of the molecule is O=C(O)CN(CCN(CCN(CC(=O)O)[C@@H](Cc1ccccc1)C(=O)O)C(Cc1ccccc1)C(=O)O)[C@H](Cc1ccccc1)C(=O)O. The Kier molecular flexibility index (Phi) is 14.7. The minimum absolute atomic E-state index is 0.00198. The third-order valence-corrected chi connectivity index (χ3v) is 8.02. The van der Waals surface area contributed by atoms with Crippen molar-refractivity contribution in [3.05, 3.63) is 108 Å². The summed E-state index contributed by atoms with van der Waals surface area (Å²) < 4.78 is 0. The zero-order chi connectivity index (χ0) is 35.1. The lowest BCUT2D eigenvalue weighted by molar-refractivity contribution is -0.148. The van der Waals surface area contributed by atoms with Crippen LogP contribution >= 0.6 is 0 Å². The Morgan fingerprint density at radius 2 is 0.667 bits per heavy atom. The maximum atomic E-state index is 12.7. The van der Waals surface area contributed by atoms with Gasteiger partial charge in [-0.1, -0.05) is 91.0 Å². The molecule has 0 bridgehead atoms. The van der Waals surface area contributed by atoms with E-state index in [0.29, 0.717) is 16.7 Å². The molecule has 256 valence electrons. The molecule has 0 spiro atoms. The first-order chi connectivity index (χ1) is 22.9. The first kappa shape index (κ1) is 37.3. The summed E-state index contributed by atoms with van der Waals surface area (Å²) in [6.07, 6.45) is 0.0385. The maximum Gasteiger partial charge on any atom is 0.321 e. The Bertz CT molecular complexity index is 1410. The smallest absolute Gasteiger partial charge is 0.321 e. The van der Waals surface area contributed by atoms with Crippen molar-refractivity contribution in [2.24, 2.45) is 0 Å². The highest BCUT2D eigenvalue weighted by molar-refractivity contribution is 5.77. The summed E-state index contributed by atoms with van der Waals surface area (Å²) >= 11 is 0. The van der Waals surface area contributed by atoms with E-state index >= 15 is 0 Å². The molecule has 13 heteroatoms.